The maximum Gasteiger partial charge on any atom is 0.173 e. The lowest BCUT2D eigenvalue weighted by Crippen LogP contribution is -2.23. The highest BCUT2D eigenvalue weighted by Crippen LogP contribution is 2.32. The normalized spacial score (nSPS) is 12.5. The highest BCUT2D eigenvalue weighted by Gasteiger charge is 2.20. The summed E-state index contributed by atoms with van der Waals surface area (Å²) in [6.45, 7) is 4.29. The van der Waals surface area contributed by atoms with Gasteiger partial charge >= 0.3 is 0 Å². The smallest absolute Gasteiger partial charge is 0.173 e. The molecule has 2 aromatic rings. The monoisotopic (exact) mass is 357 g/mol. The van der Waals surface area contributed by atoms with Crippen LogP contribution in [0.5, 0.6) is 0 Å². The molecule has 0 aliphatic carbocycles. The van der Waals surface area contributed by atoms with Crippen molar-refractivity contribution in [2.75, 3.05) is 6.54 Å². The molecule has 1 atom stereocenters. The lowest BCUT2D eigenvalue weighted by Gasteiger charge is -2.21. The second-order valence-electron chi connectivity index (χ2n) is 4.82. The largest absolute Gasteiger partial charge is 0.306 e. The summed E-state index contributed by atoms with van der Waals surface area (Å²) in [7, 11) is 0. The van der Waals surface area contributed by atoms with E-state index in [4.69, 9.17) is 0 Å². The molecule has 112 valence electrons. The van der Waals surface area contributed by atoms with E-state index in [1.54, 1.807) is 6.92 Å². The van der Waals surface area contributed by atoms with Gasteiger partial charge in [-0.3, -0.25) is 0 Å². The molecule has 1 nitrogen and oxygen atoms in total. The summed E-state index contributed by atoms with van der Waals surface area (Å²) in [5.41, 5.74) is 1.97. The summed E-state index contributed by atoms with van der Waals surface area (Å²) in [5, 5.41) is 3.17. The average molecular weight is 358 g/mol. The van der Waals surface area contributed by atoms with Gasteiger partial charge in [0.05, 0.1) is 10.5 Å². The van der Waals surface area contributed by atoms with Crippen LogP contribution in [0, 0.1) is 24.4 Å². The fraction of sp³-hybridized carbons (Fsp3) is 0.250. The van der Waals surface area contributed by atoms with Gasteiger partial charge in [-0.2, -0.15) is 0 Å². The third kappa shape index (κ3) is 3.47. The SMILES string of the molecule is CCNC(c1cc(C)cc(F)c1)c1ccc(F)c(F)c1Br. The van der Waals surface area contributed by atoms with Crippen LogP contribution >= 0.6 is 15.9 Å². The minimum atomic E-state index is -0.941. The van der Waals surface area contributed by atoms with E-state index in [0.29, 0.717) is 17.7 Å². The fourth-order valence-corrected chi connectivity index (χ4v) is 2.86. The molecule has 0 aliphatic rings. The predicted octanol–water partition coefficient (Wildman–Crippen LogP) is 4.87. The van der Waals surface area contributed by atoms with Crippen LogP contribution < -0.4 is 5.32 Å². The van der Waals surface area contributed by atoms with Crippen molar-refractivity contribution in [3.63, 3.8) is 0 Å². The van der Waals surface area contributed by atoms with E-state index in [1.165, 1.54) is 18.2 Å². The van der Waals surface area contributed by atoms with Crippen LogP contribution in [0.15, 0.2) is 34.8 Å². The van der Waals surface area contributed by atoms with Crippen LogP contribution in [-0.2, 0) is 0 Å². The summed E-state index contributed by atoms with van der Waals surface area (Å²) in [6, 6.07) is 6.79. The predicted molar refractivity (Wildman–Crippen MR) is 80.7 cm³/mol. The van der Waals surface area contributed by atoms with Crippen LogP contribution in [0.4, 0.5) is 13.2 Å². The van der Waals surface area contributed by atoms with Gasteiger partial charge < -0.3 is 5.32 Å². The van der Waals surface area contributed by atoms with Crippen LogP contribution in [0.1, 0.15) is 29.7 Å². The van der Waals surface area contributed by atoms with E-state index in [2.05, 4.69) is 21.2 Å². The Morgan fingerprint density at radius 1 is 1.14 bits per heavy atom. The lowest BCUT2D eigenvalue weighted by molar-refractivity contribution is 0.498. The third-order valence-electron chi connectivity index (χ3n) is 3.18. The van der Waals surface area contributed by atoms with Crippen molar-refractivity contribution in [2.24, 2.45) is 0 Å². The number of hydrogen-bond donors (Lipinski definition) is 1. The molecule has 0 aliphatic heterocycles. The number of aryl methyl sites for hydroxylation is 1. The molecule has 21 heavy (non-hydrogen) atoms. The molecule has 5 heteroatoms. The van der Waals surface area contributed by atoms with E-state index in [-0.39, 0.29) is 10.3 Å². The first kappa shape index (κ1) is 16.0. The van der Waals surface area contributed by atoms with Crippen molar-refractivity contribution < 1.29 is 13.2 Å². The molecule has 0 amide bonds. The van der Waals surface area contributed by atoms with Gasteiger partial charge in [0.15, 0.2) is 11.6 Å². The molecule has 2 rings (SSSR count). The van der Waals surface area contributed by atoms with Crippen molar-refractivity contribution in [1.82, 2.24) is 5.32 Å². The number of hydrogen-bond acceptors (Lipinski definition) is 1. The second kappa shape index (κ2) is 6.62. The Morgan fingerprint density at radius 3 is 2.48 bits per heavy atom. The first-order valence-corrected chi connectivity index (χ1v) is 7.37. The van der Waals surface area contributed by atoms with E-state index in [9.17, 15) is 13.2 Å². The van der Waals surface area contributed by atoms with Crippen LogP contribution in [-0.4, -0.2) is 6.54 Å². The first-order chi connectivity index (χ1) is 9.93. The van der Waals surface area contributed by atoms with Crippen molar-refractivity contribution in [2.45, 2.75) is 19.9 Å². The van der Waals surface area contributed by atoms with E-state index >= 15 is 0 Å². The molecule has 0 heterocycles. The lowest BCUT2D eigenvalue weighted by atomic mass is 9.97. The van der Waals surface area contributed by atoms with Gasteiger partial charge in [0.25, 0.3) is 0 Å². The van der Waals surface area contributed by atoms with Gasteiger partial charge in [-0.05, 0) is 64.3 Å². The van der Waals surface area contributed by atoms with E-state index in [1.807, 2.05) is 13.0 Å². The number of halogens is 4. The first-order valence-electron chi connectivity index (χ1n) is 6.58. The van der Waals surface area contributed by atoms with E-state index < -0.39 is 17.7 Å². The molecule has 0 saturated heterocycles. The maximum absolute atomic E-state index is 13.7. The van der Waals surface area contributed by atoms with Crippen molar-refractivity contribution >= 4 is 15.9 Å². The number of nitrogens with one attached hydrogen (secondary N) is 1. The second-order valence-corrected chi connectivity index (χ2v) is 5.61. The van der Waals surface area contributed by atoms with Crippen LogP contribution in [0.25, 0.3) is 0 Å². The Morgan fingerprint density at radius 2 is 1.86 bits per heavy atom. The molecule has 0 bridgehead atoms. The van der Waals surface area contributed by atoms with Crippen LogP contribution in [0.2, 0.25) is 0 Å². The highest BCUT2D eigenvalue weighted by atomic mass is 79.9. The summed E-state index contributed by atoms with van der Waals surface area (Å²) >= 11 is 3.09. The maximum atomic E-state index is 13.7. The minimum Gasteiger partial charge on any atom is -0.306 e. The zero-order chi connectivity index (χ0) is 15.6. The van der Waals surface area contributed by atoms with Gasteiger partial charge in [0.2, 0.25) is 0 Å². The Hall–Kier alpha value is -1.33. The minimum absolute atomic E-state index is 0.0513. The van der Waals surface area contributed by atoms with E-state index in [0.717, 1.165) is 11.6 Å². The topological polar surface area (TPSA) is 12.0 Å². The zero-order valence-electron chi connectivity index (χ0n) is 11.7. The Balaban J connectivity index is 2.56. The summed E-state index contributed by atoms with van der Waals surface area (Å²) in [4.78, 5) is 0. The molecule has 0 radical (unpaired) electrons. The zero-order valence-corrected chi connectivity index (χ0v) is 13.3. The van der Waals surface area contributed by atoms with Crippen LogP contribution in [0.3, 0.4) is 0 Å². The molecule has 0 aromatic heterocycles. The van der Waals surface area contributed by atoms with Crippen molar-refractivity contribution in [3.8, 4) is 0 Å². The molecule has 0 fully saturated rings. The standard InChI is InChI=1S/C16H15BrF3N/c1-3-21-16(10-6-9(2)7-11(18)8-10)12-4-5-13(19)15(20)14(12)17/h4-8,16,21H,3H2,1-2H3. The summed E-state index contributed by atoms with van der Waals surface area (Å²) in [5.74, 6) is -2.22. The van der Waals surface area contributed by atoms with Gasteiger partial charge in [0.1, 0.15) is 5.82 Å². The number of benzene rings is 2. The van der Waals surface area contributed by atoms with Gasteiger partial charge in [-0.15, -0.1) is 0 Å². The van der Waals surface area contributed by atoms with Gasteiger partial charge in [0, 0.05) is 0 Å². The molecular weight excluding hydrogens is 343 g/mol. The van der Waals surface area contributed by atoms with Crippen molar-refractivity contribution in [1.29, 1.82) is 0 Å². The Kier molecular flexibility index (Phi) is 5.06. The van der Waals surface area contributed by atoms with Crippen molar-refractivity contribution in [3.05, 3.63) is 68.9 Å². The fourth-order valence-electron chi connectivity index (χ4n) is 2.31. The summed E-state index contributed by atoms with van der Waals surface area (Å²) in [6.07, 6.45) is 0. The number of rotatable bonds is 4. The van der Waals surface area contributed by atoms with Gasteiger partial charge in [-0.1, -0.05) is 19.1 Å². The molecule has 0 saturated carbocycles. The van der Waals surface area contributed by atoms with Gasteiger partial charge in [-0.25, -0.2) is 13.2 Å². The molecule has 2 aromatic carbocycles. The quantitative estimate of drug-likeness (QED) is 0.769. The Bertz CT molecular complexity index is 638. The highest BCUT2D eigenvalue weighted by molar-refractivity contribution is 9.10. The third-order valence-corrected chi connectivity index (χ3v) is 3.99. The molecule has 1 N–H and O–H groups in total. The molecular formula is C16H15BrF3N. The molecule has 0 spiro atoms. The Labute approximate surface area is 130 Å². The molecule has 1 unspecified atom stereocenters. The summed E-state index contributed by atoms with van der Waals surface area (Å²) < 4.78 is 40.7. The average Bonchev–Trinajstić information content (AvgIpc) is 2.42.